The molecule has 0 aromatic heterocycles. The number of likely N-dealkylation sites (N-methyl/N-ethyl adjacent to an activating group) is 1. The van der Waals surface area contributed by atoms with Gasteiger partial charge in [0.05, 0.1) is 39.9 Å². The minimum absolute atomic E-state index is 0.0636. The number of aliphatic hydroxyl groups is 1. The summed E-state index contributed by atoms with van der Waals surface area (Å²) in [6, 6.07) is -0.847. The molecule has 0 aliphatic heterocycles. The fourth-order valence-corrected chi connectivity index (χ4v) is 12.6. The van der Waals surface area contributed by atoms with Crippen molar-refractivity contribution in [3.8, 4) is 0 Å². The fraction of sp³-hybridized carbons (Fsp3) is 0.885. The number of allylic oxidation sites excluding steroid dienone is 7. The maximum absolute atomic E-state index is 13.1. The molecular weight excluding hydrogens is 1090 g/mol. The molecule has 0 spiro atoms. The van der Waals surface area contributed by atoms with E-state index in [9.17, 15) is 19.4 Å². The second-order valence-electron chi connectivity index (χ2n) is 27.7. The van der Waals surface area contributed by atoms with Gasteiger partial charge in [0, 0.05) is 6.42 Å². The van der Waals surface area contributed by atoms with Crippen LogP contribution in [0.3, 0.4) is 0 Å². The van der Waals surface area contributed by atoms with Gasteiger partial charge in [0.25, 0.3) is 0 Å². The summed E-state index contributed by atoms with van der Waals surface area (Å²) in [6.45, 7) is 4.86. The second-order valence-corrected chi connectivity index (χ2v) is 29.2. The van der Waals surface area contributed by atoms with Crippen molar-refractivity contribution in [2.24, 2.45) is 0 Å². The Labute approximate surface area is 543 Å². The van der Waals surface area contributed by atoms with Gasteiger partial charge in [-0.3, -0.25) is 13.8 Å². The molecule has 0 bridgehead atoms. The zero-order chi connectivity index (χ0) is 63.4. The van der Waals surface area contributed by atoms with E-state index in [4.69, 9.17) is 9.05 Å². The van der Waals surface area contributed by atoms with Gasteiger partial charge in [-0.15, -0.1) is 0 Å². The van der Waals surface area contributed by atoms with Gasteiger partial charge in [-0.1, -0.05) is 377 Å². The van der Waals surface area contributed by atoms with Gasteiger partial charge < -0.3 is 19.8 Å². The topological polar surface area (TPSA) is 105 Å². The van der Waals surface area contributed by atoms with E-state index in [0.717, 1.165) is 44.9 Å². The third-order valence-electron chi connectivity index (χ3n) is 17.8. The first kappa shape index (κ1) is 85.5. The van der Waals surface area contributed by atoms with Gasteiger partial charge in [0.1, 0.15) is 13.2 Å². The summed E-state index contributed by atoms with van der Waals surface area (Å²) in [7, 11) is 1.59. The summed E-state index contributed by atoms with van der Waals surface area (Å²) in [5.41, 5.74) is 0. The monoisotopic (exact) mass is 1240 g/mol. The maximum Gasteiger partial charge on any atom is 0.472 e. The lowest BCUT2D eigenvalue weighted by Crippen LogP contribution is -2.45. The summed E-state index contributed by atoms with van der Waals surface area (Å²) in [4.78, 5) is 23.5. The Balaban J connectivity index is 3.95. The molecule has 0 fully saturated rings. The van der Waals surface area contributed by atoms with Crippen LogP contribution in [0.1, 0.15) is 393 Å². The van der Waals surface area contributed by atoms with Crippen molar-refractivity contribution < 1.29 is 32.9 Å². The molecule has 0 saturated carbocycles. The van der Waals surface area contributed by atoms with E-state index in [1.54, 1.807) is 6.08 Å². The van der Waals surface area contributed by atoms with Crippen molar-refractivity contribution in [3.63, 3.8) is 0 Å². The number of hydrogen-bond donors (Lipinski definition) is 3. The van der Waals surface area contributed by atoms with Crippen LogP contribution in [0.15, 0.2) is 48.6 Å². The Morgan fingerprint density at radius 2 is 0.655 bits per heavy atom. The Morgan fingerprint density at radius 3 is 0.954 bits per heavy atom. The van der Waals surface area contributed by atoms with E-state index in [-0.39, 0.29) is 19.1 Å². The smallest absolute Gasteiger partial charge is 0.387 e. The molecule has 1 amide bonds. The molecular formula is C78H152N2O6P+. The Bertz CT molecular complexity index is 1560. The fourth-order valence-electron chi connectivity index (χ4n) is 11.8. The average molecular weight is 1250 g/mol. The van der Waals surface area contributed by atoms with Gasteiger partial charge in [-0.25, -0.2) is 4.57 Å². The molecule has 3 unspecified atom stereocenters. The molecule has 9 heteroatoms. The normalized spacial score (nSPS) is 13.8. The quantitative estimate of drug-likeness (QED) is 0.0243. The van der Waals surface area contributed by atoms with Crippen LogP contribution in [-0.2, 0) is 18.4 Å². The number of nitrogens with zero attached hydrogens (tertiary/aromatic N) is 1. The lowest BCUT2D eigenvalue weighted by molar-refractivity contribution is -0.870. The summed E-state index contributed by atoms with van der Waals surface area (Å²) in [5.74, 6) is -0.169. The largest absolute Gasteiger partial charge is 0.472 e. The Hall–Kier alpha value is -1.54. The number of phosphoric ester groups is 1. The number of carbonyl (C=O) groups is 1. The highest BCUT2D eigenvalue weighted by molar-refractivity contribution is 7.47. The zero-order valence-corrected chi connectivity index (χ0v) is 59.9. The predicted molar refractivity (Wildman–Crippen MR) is 383 cm³/mol. The number of quaternary nitrogens is 1. The van der Waals surface area contributed by atoms with Crippen molar-refractivity contribution in [2.45, 2.75) is 405 Å². The predicted octanol–water partition coefficient (Wildman–Crippen LogP) is 25.0. The molecule has 0 radical (unpaired) electrons. The number of aliphatic hydroxyl groups excluding tert-OH is 1. The maximum atomic E-state index is 13.1. The number of unbranched alkanes of at least 4 members (excludes halogenated alkanes) is 53. The SMILES string of the molecule is CCCCCCC/C=C\C/C=C\C/C=C\CCCCCCCCCCCCCCCCCCCCCCCCCCC(=O)NC(COP(=O)(O)OCC[N+](C)(C)C)C(O)/C=C/CCCCCCCCCCCCCCCCCCCCCCCCCC. The number of hydrogen-bond acceptors (Lipinski definition) is 5. The molecule has 514 valence electrons. The summed E-state index contributed by atoms with van der Waals surface area (Å²) in [5, 5.41) is 14.0. The van der Waals surface area contributed by atoms with Crippen molar-refractivity contribution in [3.05, 3.63) is 48.6 Å². The third kappa shape index (κ3) is 71.8. The van der Waals surface area contributed by atoms with Crippen molar-refractivity contribution in [2.75, 3.05) is 40.9 Å². The highest BCUT2D eigenvalue weighted by Gasteiger charge is 2.28. The standard InChI is InChI=1S/C78H151N2O6P/c1-6-8-10-12-14-16-18-20-22-24-26-28-30-32-34-35-36-37-38-39-40-41-42-43-44-45-46-48-50-52-54-56-58-60-62-64-66-68-70-72-78(82)79-76(75-86-87(83,84)85-74-73-80(3,4)5)77(81)71-69-67-65-63-61-59-57-55-53-51-49-47-33-31-29-27-25-23-21-19-17-15-13-11-9-7-2/h18,20,24,26,30,32,69,71,76-77,81H,6-17,19,21-23,25,27-29,31,33-68,70,72-75H2,1-5H3,(H-,79,82,83,84)/p+1/b20-18-,26-24-,32-30-,71-69+. The molecule has 3 atom stereocenters. The zero-order valence-electron chi connectivity index (χ0n) is 59.0. The number of phosphoric acid groups is 1. The first-order valence-corrected chi connectivity index (χ1v) is 40.0. The molecule has 0 aliphatic carbocycles. The summed E-state index contributed by atoms with van der Waals surface area (Å²) in [6.07, 6.45) is 94.3. The van der Waals surface area contributed by atoms with E-state index in [2.05, 4.69) is 55.6 Å². The van der Waals surface area contributed by atoms with Gasteiger partial charge in [-0.2, -0.15) is 0 Å². The van der Waals surface area contributed by atoms with Crippen LogP contribution in [0.4, 0.5) is 0 Å². The summed E-state index contributed by atoms with van der Waals surface area (Å²) < 4.78 is 23.9. The molecule has 0 aromatic rings. The lowest BCUT2D eigenvalue weighted by Gasteiger charge is -2.25. The van der Waals surface area contributed by atoms with E-state index in [1.165, 1.54) is 327 Å². The first-order valence-electron chi connectivity index (χ1n) is 38.5. The van der Waals surface area contributed by atoms with E-state index < -0.39 is 20.0 Å². The van der Waals surface area contributed by atoms with Crippen LogP contribution < -0.4 is 5.32 Å². The van der Waals surface area contributed by atoms with Gasteiger partial charge >= 0.3 is 7.82 Å². The van der Waals surface area contributed by atoms with Crippen LogP contribution in [-0.4, -0.2) is 73.4 Å². The second kappa shape index (κ2) is 68.8. The van der Waals surface area contributed by atoms with Crippen LogP contribution in [0, 0.1) is 0 Å². The lowest BCUT2D eigenvalue weighted by atomic mass is 10.0. The van der Waals surface area contributed by atoms with Crippen LogP contribution in [0.2, 0.25) is 0 Å². The Kier molecular flexibility index (Phi) is 67.6. The van der Waals surface area contributed by atoms with Crippen LogP contribution in [0.25, 0.3) is 0 Å². The molecule has 0 heterocycles. The number of carbonyl (C=O) groups excluding carboxylic acids is 1. The van der Waals surface area contributed by atoms with E-state index in [0.29, 0.717) is 17.4 Å². The minimum atomic E-state index is -4.35. The van der Waals surface area contributed by atoms with Crippen LogP contribution in [0.5, 0.6) is 0 Å². The average Bonchev–Trinajstić information content (AvgIpc) is 3.69. The van der Waals surface area contributed by atoms with Gasteiger partial charge in [0.15, 0.2) is 0 Å². The van der Waals surface area contributed by atoms with Crippen molar-refractivity contribution in [1.29, 1.82) is 0 Å². The molecule has 0 aliphatic rings. The molecule has 3 N–H and O–H groups in total. The number of amides is 1. The highest BCUT2D eigenvalue weighted by Crippen LogP contribution is 2.43. The van der Waals surface area contributed by atoms with E-state index >= 15 is 0 Å². The number of nitrogens with one attached hydrogen (secondary N) is 1. The molecule has 0 aromatic carbocycles. The van der Waals surface area contributed by atoms with Gasteiger partial charge in [-0.05, 0) is 57.8 Å². The Morgan fingerprint density at radius 1 is 0.391 bits per heavy atom. The van der Waals surface area contributed by atoms with Crippen molar-refractivity contribution in [1.82, 2.24) is 5.32 Å². The third-order valence-corrected chi connectivity index (χ3v) is 18.8. The van der Waals surface area contributed by atoms with Crippen LogP contribution >= 0.6 is 7.82 Å². The summed E-state index contributed by atoms with van der Waals surface area (Å²) >= 11 is 0. The number of rotatable bonds is 72. The first-order chi connectivity index (χ1) is 42.5. The molecule has 0 rings (SSSR count). The highest BCUT2D eigenvalue weighted by atomic mass is 31.2. The molecule has 87 heavy (non-hydrogen) atoms. The van der Waals surface area contributed by atoms with Crippen molar-refractivity contribution >= 4 is 13.7 Å². The molecule has 0 saturated heterocycles. The minimum Gasteiger partial charge on any atom is -0.387 e. The molecule has 8 nitrogen and oxygen atoms in total. The van der Waals surface area contributed by atoms with Gasteiger partial charge in [0.2, 0.25) is 5.91 Å². The van der Waals surface area contributed by atoms with E-state index in [1.807, 2.05) is 27.2 Å².